The molecule has 3 aromatic carbocycles. The van der Waals surface area contributed by atoms with Gasteiger partial charge in [-0.3, -0.25) is 0 Å². The normalized spacial score (nSPS) is 11.8. The molecule has 0 amide bonds. The molecule has 0 fully saturated rings. The van der Waals surface area contributed by atoms with Gasteiger partial charge in [0.05, 0.1) is 0 Å². The van der Waals surface area contributed by atoms with Crippen LogP contribution in [0.5, 0.6) is 0 Å². The van der Waals surface area contributed by atoms with Crippen LogP contribution < -0.4 is 10.4 Å². The second kappa shape index (κ2) is 5.41. The van der Waals surface area contributed by atoms with Crippen LogP contribution in [0.25, 0.3) is 34.6 Å². The lowest BCUT2D eigenvalue weighted by molar-refractivity contribution is 1.47. The molecule has 0 atom stereocenters. The Morgan fingerprint density at radius 2 is 1.52 bits per heavy atom. The number of rotatable bonds is 2. The van der Waals surface area contributed by atoms with Gasteiger partial charge in [-0.15, -0.1) is 0 Å². The lowest BCUT2D eigenvalue weighted by atomic mass is 9.99. The van der Waals surface area contributed by atoms with Crippen LogP contribution in [0, 0.1) is 6.92 Å². The molecule has 0 heteroatoms. The Hall–Kier alpha value is -2.60. The highest BCUT2D eigenvalue weighted by Gasteiger charge is 2.00. The van der Waals surface area contributed by atoms with Gasteiger partial charge >= 0.3 is 0 Å². The first-order chi connectivity index (χ1) is 10.2. The van der Waals surface area contributed by atoms with E-state index in [1.165, 1.54) is 27.5 Å². The van der Waals surface area contributed by atoms with Gasteiger partial charge in [0.2, 0.25) is 0 Å². The van der Waals surface area contributed by atoms with Crippen LogP contribution in [0.4, 0.5) is 0 Å². The van der Waals surface area contributed by atoms with Gasteiger partial charge in [-0.25, -0.2) is 0 Å². The zero-order valence-corrected chi connectivity index (χ0v) is 12.3. The molecule has 0 aliphatic heterocycles. The summed E-state index contributed by atoms with van der Waals surface area (Å²) in [7, 11) is 0. The van der Waals surface area contributed by atoms with E-state index in [0.717, 1.165) is 10.4 Å². The molecular formula is C21H18. The molecular weight excluding hydrogens is 252 g/mol. The monoisotopic (exact) mass is 270 g/mol. The number of hydrogen-bond acceptors (Lipinski definition) is 0. The fourth-order valence-electron chi connectivity index (χ4n) is 2.57. The lowest BCUT2D eigenvalue weighted by Crippen LogP contribution is -2.21. The van der Waals surface area contributed by atoms with Crippen LogP contribution in [-0.4, -0.2) is 0 Å². The highest BCUT2D eigenvalue weighted by molar-refractivity contribution is 5.87. The fraction of sp³-hybridized carbons (Fsp3) is 0.0476. The summed E-state index contributed by atoms with van der Waals surface area (Å²) in [5.41, 5.74) is 3.77. The average Bonchev–Trinajstić information content (AvgIpc) is 2.49. The summed E-state index contributed by atoms with van der Waals surface area (Å²) in [4.78, 5) is 0. The summed E-state index contributed by atoms with van der Waals surface area (Å²) < 4.78 is 0. The SMILES string of the molecule is C=C/C=c1/cc2ccc(-c3ccc(C)cc3)cc2cc1=C. The maximum atomic E-state index is 4.12. The Labute approximate surface area is 125 Å². The molecule has 102 valence electrons. The Kier molecular flexibility index (Phi) is 3.45. The largest absolute Gasteiger partial charge is 0.0990 e. The molecule has 0 radical (unpaired) electrons. The van der Waals surface area contributed by atoms with E-state index in [2.05, 4.69) is 74.7 Å². The summed E-state index contributed by atoms with van der Waals surface area (Å²) in [6, 6.07) is 19.5. The van der Waals surface area contributed by atoms with E-state index in [0.29, 0.717) is 0 Å². The topological polar surface area (TPSA) is 0 Å². The predicted molar refractivity (Wildman–Crippen MR) is 93.6 cm³/mol. The zero-order chi connectivity index (χ0) is 14.8. The summed E-state index contributed by atoms with van der Waals surface area (Å²) in [5.74, 6) is 0. The van der Waals surface area contributed by atoms with Crippen LogP contribution >= 0.6 is 0 Å². The van der Waals surface area contributed by atoms with E-state index < -0.39 is 0 Å². The van der Waals surface area contributed by atoms with Crippen molar-refractivity contribution < 1.29 is 0 Å². The highest BCUT2D eigenvalue weighted by Crippen LogP contribution is 2.23. The smallest absolute Gasteiger partial charge is 0.0172 e. The van der Waals surface area contributed by atoms with Crippen molar-refractivity contribution in [1.82, 2.24) is 0 Å². The maximum Gasteiger partial charge on any atom is -0.0172 e. The van der Waals surface area contributed by atoms with E-state index in [1.807, 2.05) is 6.08 Å². The molecule has 0 spiro atoms. The summed E-state index contributed by atoms with van der Waals surface area (Å²) in [5, 5.41) is 4.61. The molecule has 0 unspecified atom stereocenters. The molecule has 0 nitrogen and oxygen atoms in total. The van der Waals surface area contributed by atoms with Crippen molar-refractivity contribution in [3.8, 4) is 11.1 Å². The molecule has 21 heavy (non-hydrogen) atoms. The Bertz CT molecular complexity index is 913. The van der Waals surface area contributed by atoms with Crippen LogP contribution in [-0.2, 0) is 0 Å². The quantitative estimate of drug-likeness (QED) is 0.655. The van der Waals surface area contributed by atoms with Crippen LogP contribution in [0.2, 0.25) is 0 Å². The van der Waals surface area contributed by atoms with Crippen molar-refractivity contribution in [3.05, 3.63) is 83.3 Å². The number of benzene rings is 3. The summed E-state index contributed by atoms with van der Waals surface area (Å²) >= 11 is 0. The molecule has 0 heterocycles. The minimum Gasteiger partial charge on any atom is -0.0990 e. The van der Waals surface area contributed by atoms with Gasteiger partial charge < -0.3 is 0 Å². The maximum absolute atomic E-state index is 4.12. The number of aryl methyl sites for hydroxylation is 1. The van der Waals surface area contributed by atoms with Gasteiger partial charge in [-0.2, -0.15) is 0 Å². The first kappa shape index (κ1) is 13.4. The van der Waals surface area contributed by atoms with Crippen LogP contribution in [0.3, 0.4) is 0 Å². The Morgan fingerprint density at radius 3 is 2.24 bits per heavy atom. The van der Waals surface area contributed by atoms with Crippen molar-refractivity contribution in [2.45, 2.75) is 6.92 Å². The number of fused-ring (bicyclic) bond motifs is 1. The molecule has 3 rings (SSSR count). The first-order valence-electron chi connectivity index (χ1n) is 7.10. The van der Waals surface area contributed by atoms with Gasteiger partial charge in [0, 0.05) is 0 Å². The molecule has 0 aliphatic carbocycles. The van der Waals surface area contributed by atoms with Crippen molar-refractivity contribution in [2.75, 3.05) is 0 Å². The third-order valence-corrected chi connectivity index (χ3v) is 3.78. The van der Waals surface area contributed by atoms with Crippen LogP contribution in [0.15, 0.2) is 67.3 Å². The van der Waals surface area contributed by atoms with Gasteiger partial charge in [-0.05, 0) is 57.5 Å². The standard InChI is InChI=1S/C21H18/c1-4-5-18-13-20-11-10-19(14-21(20)12-16(18)3)17-8-6-15(2)7-9-17/h4-14H,1,3H2,2H3/b18-5-. The minimum atomic E-state index is 1.03. The molecule has 0 saturated heterocycles. The van der Waals surface area contributed by atoms with Gasteiger partial charge in [0.25, 0.3) is 0 Å². The van der Waals surface area contributed by atoms with E-state index in [9.17, 15) is 0 Å². The molecule has 0 aliphatic rings. The van der Waals surface area contributed by atoms with E-state index >= 15 is 0 Å². The highest BCUT2D eigenvalue weighted by atomic mass is 14.0. The Morgan fingerprint density at radius 1 is 0.810 bits per heavy atom. The number of allylic oxidation sites excluding steroid dienone is 1. The van der Waals surface area contributed by atoms with Crippen molar-refractivity contribution in [3.63, 3.8) is 0 Å². The average molecular weight is 270 g/mol. The third kappa shape index (κ3) is 2.66. The second-order valence-corrected chi connectivity index (χ2v) is 5.38. The van der Waals surface area contributed by atoms with Crippen molar-refractivity contribution in [1.29, 1.82) is 0 Å². The fourth-order valence-corrected chi connectivity index (χ4v) is 2.57. The van der Waals surface area contributed by atoms with E-state index in [4.69, 9.17) is 0 Å². The summed E-state index contributed by atoms with van der Waals surface area (Å²) in [6.45, 7) is 9.99. The van der Waals surface area contributed by atoms with E-state index in [-0.39, 0.29) is 0 Å². The molecule has 0 saturated carbocycles. The summed E-state index contributed by atoms with van der Waals surface area (Å²) in [6.07, 6.45) is 3.80. The van der Waals surface area contributed by atoms with E-state index in [1.54, 1.807) is 6.08 Å². The third-order valence-electron chi connectivity index (χ3n) is 3.78. The molecule has 3 aromatic rings. The van der Waals surface area contributed by atoms with Crippen molar-refractivity contribution in [2.24, 2.45) is 0 Å². The van der Waals surface area contributed by atoms with Gasteiger partial charge in [0.1, 0.15) is 0 Å². The van der Waals surface area contributed by atoms with Gasteiger partial charge in [0.15, 0.2) is 0 Å². The molecule has 0 aromatic heterocycles. The minimum absolute atomic E-state index is 1.03. The second-order valence-electron chi connectivity index (χ2n) is 5.38. The van der Waals surface area contributed by atoms with Gasteiger partial charge in [-0.1, -0.05) is 67.3 Å². The lowest BCUT2D eigenvalue weighted by Gasteiger charge is -2.05. The van der Waals surface area contributed by atoms with Crippen LogP contribution in [0.1, 0.15) is 5.56 Å². The number of hydrogen-bond donors (Lipinski definition) is 0. The Balaban J connectivity index is 2.19. The molecule has 0 N–H and O–H groups in total. The zero-order valence-electron chi connectivity index (χ0n) is 12.3. The predicted octanol–water partition coefficient (Wildman–Crippen LogP) is 4.19. The first-order valence-corrected chi connectivity index (χ1v) is 7.10. The molecule has 0 bridgehead atoms. The van der Waals surface area contributed by atoms with Crippen molar-refractivity contribution >= 4 is 23.4 Å².